The summed E-state index contributed by atoms with van der Waals surface area (Å²) in [6.45, 7) is 1.78. The van der Waals surface area contributed by atoms with E-state index in [9.17, 15) is 13.2 Å². The third-order valence-corrected chi connectivity index (χ3v) is 3.56. The van der Waals surface area contributed by atoms with Crippen LogP contribution >= 0.6 is 0 Å². The van der Waals surface area contributed by atoms with Crippen LogP contribution in [0.1, 0.15) is 0 Å². The molecule has 1 fully saturated rings. The first-order valence-corrected chi connectivity index (χ1v) is 6.71. The van der Waals surface area contributed by atoms with Crippen LogP contribution in [0.2, 0.25) is 0 Å². The lowest BCUT2D eigenvalue weighted by Crippen LogP contribution is -2.48. The number of amides is 1. The summed E-state index contributed by atoms with van der Waals surface area (Å²) in [4.78, 5) is 11.5. The van der Waals surface area contributed by atoms with E-state index in [2.05, 4.69) is 15.4 Å². The zero-order valence-electron chi connectivity index (χ0n) is 9.15. The second-order valence-corrected chi connectivity index (χ2v) is 5.42. The molecule has 0 bridgehead atoms. The number of carbonyl (C=O) groups excluding carboxylic acids is 1. The SMILES string of the molecule is CNS(=O)(=O)CCNC(=O)C1CNCCO1. The van der Waals surface area contributed by atoms with Crippen molar-refractivity contribution in [2.45, 2.75) is 6.10 Å². The van der Waals surface area contributed by atoms with Gasteiger partial charge in [-0.3, -0.25) is 4.79 Å². The molecule has 1 amide bonds. The number of morpholine rings is 1. The number of sulfonamides is 1. The van der Waals surface area contributed by atoms with E-state index in [4.69, 9.17) is 4.74 Å². The highest BCUT2D eigenvalue weighted by Gasteiger charge is 2.21. The molecule has 1 unspecified atom stereocenters. The maximum absolute atomic E-state index is 11.5. The standard InChI is InChI=1S/C8H17N3O4S/c1-9-16(13,14)5-3-11-8(12)7-6-10-2-4-15-7/h7,9-10H,2-6H2,1H3,(H,11,12). The Morgan fingerprint density at radius 2 is 2.31 bits per heavy atom. The summed E-state index contributed by atoms with van der Waals surface area (Å²) >= 11 is 0. The van der Waals surface area contributed by atoms with Crippen LogP contribution in [0.5, 0.6) is 0 Å². The minimum Gasteiger partial charge on any atom is -0.366 e. The fraction of sp³-hybridized carbons (Fsp3) is 0.875. The number of nitrogens with one attached hydrogen (secondary N) is 3. The van der Waals surface area contributed by atoms with E-state index in [1.165, 1.54) is 7.05 Å². The van der Waals surface area contributed by atoms with Gasteiger partial charge in [0, 0.05) is 19.6 Å². The molecule has 0 saturated carbocycles. The van der Waals surface area contributed by atoms with Crippen LogP contribution in [0, 0.1) is 0 Å². The quantitative estimate of drug-likeness (QED) is 0.508. The summed E-state index contributed by atoms with van der Waals surface area (Å²) in [5.74, 6) is -0.409. The van der Waals surface area contributed by atoms with Crippen LogP contribution in [0.3, 0.4) is 0 Å². The maximum Gasteiger partial charge on any atom is 0.250 e. The van der Waals surface area contributed by atoms with E-state index in [1.807, 2.05) is 0 Å². The molecule has 1 rings (SSSR count). The summed E-state index contributed by atoms with van der Waals surface area (Å²) in [6.07, 6.45) is -0.522. The first-order valence-electron chi connectivity index (χ1n) is 5.06. The molecular weight excluding hydrogens is 234 g/mol. The Kier molecular flexibility index (Phi) is 5.13. The largest absolute Gasteiger partial charge is 0.366 e. The minimum atomic E-state index is -3.27. The zero-order valence-corrected chi connectivity index (χ0v) is 9.97. The molecule has 16 heavy (non-hydrogen) atoms. The topological polar surface area (TPSA) is 96.5 Å². The van der Waals surface area contributed by atoms with Crippen molar-refractivity contribution < 1.29 is 17.9 Å². The molecule has 94 valence electrons. The Hall–Kier alpha value is -0.700. The van der Waals surface area contributed by atoms with E-state index >= 15 is 0 Å². The Bertz CT molecular complexity index is 324. The minimum absolute atomic E-state index is 0.0852. The van der Waals surface area contributed by atoms with E-state index < -0.39 is 16.1 Å². The van der Waals surface area contributed by atoms with Gasteiger partial charge < -0.3 is 15.4 Å². The molecule has 0 aromatic heterocycles. The van der Waals surface area contributed by atoms with Gasteiger partial charge in [-0.25, -0.2) is 13.1 Å². The number of rotatable bonds is 5. The number of hydrogen-bond acceptors (Lipinski definition) is 5. The number of ether oxygens (including phenoxy) is 1. The molecule has 7 nitrogen and oxygen atoms in total. The van der Waals surface area contributed by atoms with Gasteiger partial charge in [0.2, 0.25) is 15.9 Å². The van der Waals surface area contributed by atoms with Crippen molar-refractivity contribution in [2.75, 3.05) is 39.0 Å². The van der Waals surface area contributed by atoms with Crippen LogP contribution in [0.15, 0.2) is 0 Å². The average Bonchev–Trinajstić information content (AvgIpc) is 2.30. The highest BCUT2D eigenvalue weighted by atomic mass is 32.2. The van der Waals surface area contributed by atoms with Gasteiger partial charge in [-0.1, -0.05) is 0 Å². The maximum atomic E-state index is 11.5. The van der Waals surface area contributed by atoms with Crippen molar-refractivity contribution >= 4 is 15.9 Å². The monoisotopic (exact) mass is 251 g/mol. The lowest BCUT2D eigenvalue weighted by molar-refractivity contribution is -0.134. The van der Waals surface area contributed by atoms with Gasteiger partial charge in [0.05, 0.1) is 12.4 Å². The second-order valence-electron chi connectivity index (χ2n) is 3.38. The number of hydrogen-bond donors (Lipinski definition) is 3. The predicted molar refractivity (Wildman–Crippen MR) is 58.5 cm³/mol. The smallest absolute Gasteiger partial charge is 0.250 e. The van der Waals surface area contributed by atoms with Crippen molar-refractivity contribution in [3.8, 4) is 0 Å². The van der Waals surface area contributed by atoms with Gasteiger partial charge in [0.15, 0.2) is 0 Å². The van der Waals surface area contributed by atoms with Crippen molar-refractivity contribution in [2.24, 2.45) is 0 Å². The summed E-state index contributed by atoms with van der Waals surface area (Å²) in [5, 5.41) is 5.54. The Morgan fingerprint density at radius 1 is 1.56 bits per heavy atom. The van der Waals surface area contributed by atoms with Crippen molar-refractivity contribution in [3.63, 3.8) is 0 Å². The van der Waals surface area contributed by atoms with Gasteiger partial charge in [-0.15, -0.1) is 0 Å². The van der Waals surface area contributed by atoms with Gasteiger partial charge in [-0.2, -0.15) is 0 Å². The molecule has 8 heteroatoms. The van der Waals surface area contributed by atoms with Crippen molar-refractivity contribution in [1.29, 1.82) is 0 Å². The van der Waals surface area contributed by atoms with E-state index in [0.29, 0.717) is 13.2 Å². The first-order chi connectivity index (χ1) is 7.55. The molecule has 0 aromatic carbocycles. The van der Waals surface area contributed by atoms with Crippen LogP contribution in [0.25, 0.3) is 0 Å². The Balaban J connectivity index is 2.24. The lowest BCUT2D eigenvalue weighted by atomic mass is 10.3. The molecule has 0 radical (unpaired) electrons. The van der Waals surface area contributed by atoms with Gasteiger partial charge in [-0.05, 0) is 7.05 Å². The zero-order chi connectivity index (χ0) is 12.0. The molecule has 0 aliphatic carbocycles. The summed E-state index contributed by atoms with van der Waals surface area (Å²) in [6, 6.07) is 0. The van der Waals surface area contributed by atoms with Crippen LogP contribution in [-0.2, 0) is 19.6 Å². The van der Waals surface area contributed by atoms with Crippen molar-refractivity contribution in [3.05, 3.63) is 0 Å². The predicted octanol–water partition coefficient (Wildman–Crippen LogP) is -2.36. The summed E-state index contributed by atoms with van der Waals surface area (Å²) in [7, 11) is -1.93. The van der Waals surface area contributed by atoms with E-state index in [1.54, 1.807) is 0 Å². The molecule has 0 aromatic rings. The fourth-order valence-corrected chi connectivity index (χ4v) is 1.83. The summed E-state index contributed by atoms with van der Waals surface area (Å²) < 4.78 is 29.5. The molecule has 1 aliphatic rings. The fourth-order valence-electron chi connectivity index (χ4n) is 1.26. The third kappa shape index (κ3) is 4.44. The second kappa shape index (κ2) is 6.14. The molecule has 1 aliphatic heterocycles. The molecule has 1 heterocycles. The molecular formula is C8H17N3O4S. The van der Waals surface area contributed by atoms with Crippen LogP contribution in [-0.4, -0.2) is 59.5 Å². The van der Waals surface area contributed by atoms with Crippen LogP contribution in [0.4, 0.5) is 0 Å². The van der Waals surface area contributed by atoms with Crippen LogP contribution < -0.4 is 15.4 Å². The van der Waals surface area contributed by atoms with E-state index in [-0.39, 0.29) is 18.2 Å². The molecule has 0 spiro atoms. The first kappa shape index (κ1) is 13.4. The average molecular weight is 251 g/mol. The normalized spacial score (nSPS) is 21.7. The third-order valence-electron chi connectivity index (χ3n) is 2.20. The van der Waals surface area contributed by atoms with Crippen molar-refractivity contribution in [1.82, 2.24) is 15.4 Å². The molecule has 3 N–H and O–H groups in total. The Labute approximate surface area is 95.0 Å². The molecule has 1 saturated heterocycles. The highest BCUT2D eigenvalue weighted by Crippen LogP contribution is 1.95. The van der Waals surface area contributed by atoms with Gasteiger partial charge in [0.25, 0.3) is 0 Å². The van der Waals surface area contributed by atoms with Gasteiger partial charge in [0.1, 0.15) is 6.10 Å². The Morgan fingerprint density at radius 3 is 2.88 bits per heavy atom. The number of carbonyl (C=O) groups is 1. The lowest BCUT2D eigenvalue weighted by Gasteiger charge is -2.22. The van der Waals surface area contributed by atoms with Gasteiger partial charge >= 0.3 is 0 Å². The molecule has 1 atom stereocenters. The summed E-state index contributed by atoms with van der Waals surface area (Å²) in [5.41, 5.74) is 0. The highest BCUT2D eigenvalue weighted by molar-refractivity contribution is 7.89. The van der Waals surface area contributed by atoms with E-state index in [0.717, 1.165) is 6.54 Å².